The number of aliphatic hydroxyl groups is 1. The Morgan fingerprint density at radius 3 is 2.77 bits per heavy atom. The van der Waals surface area contributed by atoms with E-state index in [0.29, 0.717) is 23.8 Å². The molecular weight excluding hydrogens is 330 g/mol. The van der Waals surface area contributed by atoms with Crippen molar-refractivity contribution in [3.63, 3.8) is 0 Å². The van der Waals surface area contributed by atoms with E-state index >= 15 is 0 Å². The maximum absolute atomic E-state index is 12.9. The van der Waals surface area contributed by atoms with Crippen molar-refractivity contribution in [3.05, 3.63) is 35.4 Å². The van der Waals surface area contributed by atoms with Gasteiger partial charge in [-0.2, -0.15) is 10.2 Å². The van der Waals surface area contributed by atoms with E-state index in [-0.39, 0.29) is 5.92 Å². The van der Waals surface area contributed by atoms with E-state index in [1.165, 1.54) is 19.3 Å². The summed E-state index contributed by atoms with van der Waals surface area (Å²) in [5.74, 6) is 0.491. The maximum atomic E-state index is 12.9. The Labute approximate surface area is 153 Å². The van der Waals surface area contributed by atoms with Crippen molar-refractivity contribution in [2.75, 3.05) is 6.54 Å². The Kier molecular flexibility index (Phi) is 4.80. The monoisotopic (exact) mass is 357 g/mol. The van der Waals surface area contributed by atoms with Crippen LogP contribution in [0.5, 0.6) is 0 Å². The lowest BCUT2D eigenvalue weighted by Crippen LogP contribution is -2.36. The molecule has 2 aromatic rings. The molecule has 0 saturated heterocycles. The lowest BCUT2D eigenvalue weighted by Gasteiger charge is -2.28. The molecule has 7 heteroatoms. The number of fused-ring (bicyclic) bond motifs is 1. The number of amides is 1. The molecule has 1 aliphatic carbocycles. The van der Waals surface area contributed by atoms with Gasteiger partial charge in [0.2, 0.25) is 5.91 Å². The molecule has 0 radical (unpaired) electrons. The largest absolute Gasteiger partial charge is 0.380 e. The summed E-state index contributed by atoms with van der Waals surface area (Å²) in [5, 5.41) is 19.4. The summed E-state index contributed by atoms with van der Waals surface area (Å²) in [6.07, 6.45) is 7.42. The standard InChI is InChI=1S/C19H27N5O2/c1-22-17(8-9-20-22)18(25)16-12-15-13-23(10-5-11-24(15)21-16)19(26)14-6-3-2-4-7-14/h8-9,12,14,18,25H,2-7,10-11,13H2,1H3. The third-order valence-corrected chi connectivity index (χ3v) is 5.72. The first-order chi connectivity index (χ1) is 12.6. The summed E-state index contributed by atoms with van der Waals surface area (Å²) < 4.78 is 3.61. The second-order valence-corrected chi connectivity index (χ2v) is 7.51. The zero-order valence-electron chi connectivity index (χ0n) is 15.3. The summed E-state index contributed by atoms with van der Waals surface area (Å²) in [5.41, 5.74) is 2.34. The molecule has 4 rings (SSSR count). The van der Waals surface area contributed by atoms with Crippen LogP contribution in [0.4, 0.5) is 0 Å². The molecular formula is C19H27N5O2. The highest BCUT2D eigenvalue weighted by atomic mass is 16.3. The van der Waals surface area contributed by atoms with Crippen LogP contribution in [0, 0.1) is 5.92 Å². The number of carbonyl (C=O) groups excluding carboxylic acids is 1. The molecule has 0 spiro atoms. The molecule has 1 N–H and O–H groups in total. The lowest BCUT2D eigenvalue weighted by molar-refractivity contribution is -0.137. The number of aliphatic hydroxyl groups excluding tert-OH is 1. The maximum Gasteiger partial charge on any atom is 0.226 e. The molecule has 1 atom stereocenters. The van der Waals surface area contributed by atoms with E-state index in [4.69, 9.17) is 0 Å². The van der Waals surface area contributed by atoms with Crippen LogP contribution in [-0.2, 0) is 24.9 Å². The van der Waals surface area contributed by atoms with Crippen molar-refractivity contribution in [1.29, 1.82) is 0 Å². The third-order valence-electron chi connectivity index (χ3n) is 5.72. The van der Waals surface area contributed by atoms with Crippen LogP contribution >= 0.6 is 0 Å². The molecule has 2 aromatic heterocycles. The average molecular weight is 357 g/mol. The van der Waals surface area contributed by atoms with Crippen LogP contribution < -0.4 is 0 Å². The van der Waals surface area contributed by atoms with E-state index < -0.39 is 6.10 Å². The molecule has 1 amide bonds. The zero-order chi connectivity index (χ0) is 18.1. The summed E-state index contributed by atoms with van der Waals surface area (Å²) in [6.45, 7) is 2.15. The van der Waals surface area contributed by atoms with Gasteiger partial charge in [-0.05, 0) is 31.4 Å². The fourth-order valence-corrected chi connectivity index (χ4v) is 4.22. The molecule has 1 unspecified atom stereocenters. The average Bonchev–Trinajstić information content (AvgIpc) is 3.22. The number of rotatable bonds is 3. The first-order valence-electron chi connectivity index (χ1n) is 9.65. The molecule has 7 nitrogen and oxygen atoms in total. The molecule has 0 aromatic carbocycles. The first-order valence-corrected chi connectivity index (χ1v) is 9.65. The summed E-state index contributed by atoms with van der Waals surface area (Å²) in [4.78, 5) is 14.9. The molecule has 2 aliphatic rings. The molecule has 1 saturated carbocycles. The van der Waals surface area contributed by atoms with Gasteiger partial charge in [-0.3, -0.25) is 14.2 Å². The molecule has 3 heterocycles. The Balaban J connectivity index is 1.52. The molecule has 26 heavy (non-hydrogen) atoms. The zero-order valence-corrected chi connectivity index (χ0v) is 15.3. The van der Waals surface area contributed by atoms with Crippen molar-refractivity contribution in [1.82, 2.24) is 24.5 Å². The Bertz CT molecular complexity index is 775. The second kappa shape index (κ2) is 7.23. The van der Waals surface area contributed by atoms with Gasteiger partial charge in [-0.15, -0.1) is 0 Å². The molecule has 0 bridgehead atoms. The smallest absolute Gasteiger partial charge is 0.226 e. The van der Waals surface area contributed by atoms with E-state index in [2.05, 4.69) is 10.2 Å². The minimum atomic E-state index is -0.801. The van der Waals surface area contributed by atoms with Gasteiger partial charge in [-0.25, -0.2) is 0 Å². The van der Waals surface area contributed by atoms with Gasteiger partial charge < -0.3 is 10.0 Å². The summed E-state index contributed by atoms with van der Waals surface area (Å²) in [6, 6.07) is 3.73. The number of nitrogens with zero attached hydrogens (tertiary/aromatic N) is 5. The van der Waals surface area contributed by atoms with Crippen LogP contribution in [0.15, 0.2) is 18.3 Å². The predicted molar refractivity (Wildman–Crippen MR) is 96.1 cm³/mol. The van der Waals surface area contributed by atoms with Crippen LogP contribution in [0.25, 0.3) is 0 Å². The highest BCUT2D eigenvalue weighted by molar-refractivity contribution is 5.79. The van der Waals surface area contributed by atoms with Crippen LogP contribution in [-0.4, -0.2) is 42.0 Å². The number of hydrogen-bond donors (Lipinski definition) is 1. The second-order valence-electron chi connectivity index (χ2n) is 7.51. The number of hydrogen-bond acceptors (Lipinski definition) is 4. The van der Waals surface area contributed by atoms with Crippen LogP contribution in [0.2, 0.25) is 0 Å². The van der Waals surface area contributed by atoms with Gasteiger partial charge in [-0.1, -0.05) is 19.3 Å². The topological polar surface area (TPSA) is 76.2 Å². The Morgan fingerprint density at radius 2 is 2.04 bits per heavy atom. The number of aryl methyl sites for hydroxylation is 2. The first kappa shape index (κ1) is 17.3. The summed E-state index contributed by atoms with van der Waals surface area (Å²) >= 11 is 0. The van der Waals surface area contributed by atoms with E-state index in [1.807, 2.05) is 22.7 Å². The van der Waals surface area contributed by atoms with Crippen molar-refractivity contribution in [3.8, 4) is 0 Å². The van der Waals surface area contributed by atoms with E-state index in [1.54, 1.807) is 16.9 Å². The van der Waals surface area contributed by atoms with Crippen molar-refractivity contribution >= 4 is 5.91 Å². The SMILES string of the molecule is Cn1nccc1C(O)c1cc2n(n1)CCCN(C(=O)C1CCCCC1)C2. The quantitative estimate of drug-likeness (QED) is 0.912. The molecule has 1 fully saturated rings. The highest BCUT2D eigenvalue weighted by Crippen LogP contribution is 2.28. The van der Waals surface area contributed by atoms with Crippen molar-refractivity contribution < 1.29 is 9.90 Å². The van der Waals surface area contributed by atoms with Gasteiger partial charge in [0.25, 0.3) is 0 Å². The Morgan fingerprint density at radius 1 is 1.23 bits per heavy atom. The summed E-state index contributed by atoms with van der Waals surface area (Å²) in [7, 11) is 1.81. The fraction of sp³-hybridized carbons (Fsp3) is 0.632. The van der Waals surface area contributed by atoms with Gasteiger partial charge in [0, 0.05) is 32.3 Å². The van der Waals surface area contributed by atoms with Crippen molar-refractivity contribution in [2.24, 2.45) is 13.0 Å². The minimum absolute atomic E-state index is 0.192. The Hall–Kier alpha value is -2.15. The van der Waals surface area contributed by atoms with Crippen molar-refractivity contribution in [2.45, 2.75) is 57.7 Å². The third kappa shape index (κ3) is 3.28. The van der Waals surface area contributed by atoms with E-state index in [9.17, 15) is 9.90 Å². The molecule has 1 aliphatic heterocycles. The van der Waals surface area contributed by atoms with Gasteiger partial charge >= 0.3 is 0 Å². The van der Waals surface area contributed by atoms with Gasteiger partial charge in [0.05, 0.1) is 23.6 Å². The van der Waals surface area contributed by atoms with Gasteiger partial charge in [0.15, 0.2) is 0 Å². The highest BCUT2D eigenvalue weighted by Gasteiger charge is 2.29. The minimum Gasteiger partial charge on any atom is -0.380 e. The lowest BCUT2D eigenvalue weighted by atomic mass is 9.88. The van der Waals surface area contributed by atoms with Crippen LogP contribution in [0.1, 0.15) is 61.7 Å². The molecule has 140 valence electrons. The fourth-order valence-electron chi connectivity index (χ4n) is 4.22. The van der Waals surface area contributed by atoms with E-state index in [0.717, 1.165) is 38.0 Å². The normalized spacial score (nSPS) is 19.8. The number of aromatic nitrogens is 4. The predicted octanol–water partition coefficient (Wildman–Crippen LogP) is 2.01. The van der Waals surface area contributed by atoms with Crippen LogP contribution in [0.3, 0.4) is 0 Å². The van der Waals surface area contributed by atoms with Gasteiger partial charge in [0.1, 0.15) is 6.10 Å². The number of carbonyl (C=O) groups is 1.